The molecule has 1 aliphatic carbocycles. The SMILES string of the molecule is Cc1cc(NC2CCCC2(C)F)ncc1-c1sc(C(=O)NCC(C)(C)O)nc1C(=O)N1CCC[C@@H]1C. The molecule has 0 aromatic carbocycles. The summed E-state index contributed by atoms with van der Waals surface area (Å²) < 4.78 is 14.7. The van der Waals surface area contributed by atoms with Crippen molar-refractivity contribution in [1.82, 2.24) is 20.2 Å². The fourth-order valence-electron chi connectivity index (χ4n) is 4.89. The van der Waals surface area contributed by atoms with Gasteiger partial charge in [0.2, 0.25) is 0 Å². The summed E-state index contributed by atoms with van der Waals surface area (Å²) in [4.78, 5) is 37.7. The van der Waals surface area contributed by atoms with Crippen molar-refractivity contribution in [2.45, 2.75) is 90.1 Å². The zero-order valence-corrected chi connectivity index (χ0v) is 22.5. The van der Waals surface area contributed by atoms with Gasteiger partial charge < -0.3 is 20.6 Å². The van der Waals surface area contributed by atoms with Crippen molar-refractivity contribution in [3.05, 3.63) is 28.5 Å². The van der Waals surface area contributed by atoms with E-state index in [0.29, 0.717) is 29.2 Å². The number of aliphatic hydroxyl groups is 1. The highest BCUT2D eigenvalue weighted by Gasteiger charge is 2.39. The second-order valence-electron chi connectivity index (χ2n) is 10.9. The zero-order valence-electron chi connectivity index (χ0n) is 21.7. The van der Waals surface area contributed by atoms with Crippen LogP contribution in [0, 0.1) is 6.92 Å². The van der Waals surface area contributed by atoms with Crippen LogP contribution >= 0.6 is 11.3 Å². The molecule has 2 aromatic heterocycles. The predicted octanol–water partition coefficient (Wildman–Crippen LogP) is 4.33. The Labute approximate surface area is 215 Å². The number of hydrogen-bond donors (Lipinski definition) is 3. The first kappa shape index (κ1) is 26.5. The number of carbonyl (C=O) groups is 2. The first-order chi connectivity index (χ1) is 16.9. The summed E-state index contributed by atoms with van der Waals surface area (Å²) in [5, 5.41) is 16.1. The first-order valence-electron chi connectivity index (χ1n) is 12.6. The van der Waals surface area contributed by atoms with Crippen molar-refractivity contribution in [2.24, 2.45) is 0 Å². The molecule has 1 aliphatic heterocycles. The molecule has 1 saturated carbocycles. The van der Waals surface area contributed by atoms with Crippen LogP contribution in [0.3, 0.4) is 0 Å². The summed E-state index contributed by atoms with van der Waals surface area (Å²) in [6.45, 7) is 9.47. The normalized spacial score (nSPS) is 24.2. The summed E-state index contributed by atoms with van der Waals surface area (Å²) >= 11 is 1.14. The number of amides is 2. The number of halogens is 1. The number of alkyl halides is 1. The number of thiazole rings is 1. The molecule has 2 aromatic rings. The van der Waals surface area contributed by atoms with E-state index >= 15 is 0 Å². The third-order valence-electron chi connectivity index (χ3n) is 7.08. The third-order valence-corrected chi connectivity index (χ3v) is 8.17. The number of carbonyl (C=O) groups excluding carboxylic acids is 2. The molecule has 1 saturated heterocycles. The maximum atomic E-state index is 14.7. The molecule has 0 spiro atoms. The van der Waals surface area contributed by atoms with Gasteiger partial charge in [-0.2, -0.15) is 0 Å². The Hall–Kier alpha value is -2.59. The molecule has 2 unspecified atom stereocenters. The second-order valence-corrected chi connectivity index (χ2v) is 11.9. The number of hydrogen-bond acceptors (Lipinski definition) is 7. The molecule has 36 heavy (non-hydrogen) atoms. The van der Waals surface area contributed by atoms with Gasteiger partial charge in [-0.25, -0.2) is 14.4 Å². The van der Waals surface area contributed by atoms with Crippen molar-refractivity contribution >= 4 is 29.0 Å². The van der Waals surface area contributed by atoms with Gasteiger partial charge in [0.15, 0.2) is 5.01 Å². The average Bonchev–Trinajstić information content (AvgIpc) is 3.50. The highest BCUT2D eigenvalue weighted by molar-refractivity contribution is 7.17. The molecule has 10 heteroatoms. The average molecular weight is 518 g/mol. The van der Waals surface area contributed by atoms with Gasteiger partial charge in [-0.15, -0.1) is 11.3 Å². The van der Waals surface area contributed by atoms with Crippen molar-refractivity contribution in [3.63, 3.8) is 0 Å². The third kappa shape index (κ3) is 5.70. The van der Waals surface area contributed by atoms with E-state index in [1.54, 1.807) is 31.9 Å². The summed E-state index contributed by atoms with van der Waals surface area (Å²) in [5.74, 6) is -0.0569. The minimum Gasteiger partial charge on any atom is -0.389 e. The second kappa shape index (κ2) is 10.0. The topological polar surface area (TPSA) is 107 Å². The molecule has 8 nitrogen and oxygen atoms in total. The highest BCUT2D eigenvalue weighted by atomic mass is 32.1. The predicted molar refractivity (Wildman–Crippen MR) is 139 cm³/mol. The summed E-state index contributed by atoms with van der Waals surface area (Å²) in [6, 6.07) is 1.66. The van der Waals surface area contributed by atoms with Gasteiger partial charge >= 0.3 is 0 Å². The van der Waals surface area contributed by atoms with E-state index in [9.17, 15) is 19.1 Å². The van der Waals surface area contributed by atoms with Crippen LogP contribution in [0.25, 0.3) is 10.4 Å². The van der Waals surface area contributed by atoms with Crippen molar-refractivity contribution < 1.29 is 19.1 Å². The van der Waals surface area contributed by atoms with Gasteiger partial charge in [0.25, 0.3) is 11.8 Å². The van der Waals surface area contributed by atoms with Crippen LogP contribution in [-0.2, 0) is 0 Å². The van der Waals surface area contributed by atoms with Crippen molar-refractivity contribution in [1.29, 1.82) is 0 Å². The number of nitrogens with zero attached hydrogens (tertiary/aromatic N) is 3. The maximum absolute atomic E-state index is 14.7. The summed E-state index contributed by atoms with van der Waals surface area (Å²) in [6.07, 6.45) is 5.64. The number of pyridine rings is 1. The van der Waals surface area contributed by atoms with E-state index in [-0.39, 0.29) is 35.2 Å². The van der Waals surface area contributed by atoms with Gasteiger partial charge in [-0.05, 0) is 78.4 Å². The van der Waals surface area contributed by atoms with Gasteiger partial charge in [0.1, 0.15) is 17.2 Å². The molecule has 4 rings (SSSR count). The van der Waals surface area contributed by atoms with E-state index in [2.05, 4.69) is 20.6 Å². The molecule has 2 fully saturated rings. The fourth-order valence-corrected chi connectivity index (χ4v) is 5.94. The van der Waals surface area contributed by atoms with Crippen LogP contribution in [0.4, 0.5) is 10.2 Å². The molecule has 3 N–H and O–H groups in total. The Balaban J connectivity index is 1.66. The number of nitrogens with one attached hydrogen (secondary N) is 2. The largest absolute Gasteiger partial charge is 0.389 e. The van der Waals surface area contributed by atoms with E-state index in [1.165, 1.54) is 0 Å². The highest BCUT2D eigenvalue weighted by Crippen LogP contribution is 2.37. The number of aryl methyl sites for hydroxylation is 1. The molecule has 0 bridgehead atoms. The van der Waals surface area contributed by atoms with Crippen LogP contribution in [0.15, 0.2) is 12.3 Å². The molecule has 0 radical (unpaired) electrons. The summed E-state index contributed by atoms with van der Waals surface area (Å²) in [7, 11) is 0. The lowest BCUT2D eigenvalue weighted by molar-refractivity contribution is 0.0692. The van der Waals surface area contributed by atoms with E-state index < -0.39 is 17.2 Å². The number of likely N-dealkylation sites (tertiary alicyclic amines) is 1. The Bertz CT molecular complexity index is 1140. The monoisotopic (exact) mass is 517 g/mol. The first-order valence-corrected chi connectivity index (χ1v) is 13.4. The van der Waals surface area contributed by atoms with Gasteiger partial charge in [0.05, 0.1) is 16.5 Å². The lowest BCUT2D eigenvalue weighted by Gasteiger charge is -2.24. The van der Waals surface area contributed by atoms with Gasteiger partial charge in [-0.1, -0.05) is 0 Å². The molecule has 2 aliphatic rings. The van der Waals surface area contributed by atoms with Crippen molar-refractivity contribution in [2.75, 3.05) is 18.4 Å². The number of rotatable bonds is 7. The lowest BCUT2D eigenvalue weighted by Crippen LogP contribution is -2.38. The Morgan fingerprint density at radius 3 is 2.67 bits per heavy atom. The van der Waals surface area contributed by atoms with Gasteiger partial charge in [0, 0.05) is 30.9 Å². The molecule has 3 atom stereocenters. The Morgan fingerprint density at radius 1 is 1.33 bits per heavy atom. The van der Waals surface area contributed by atoms with E-state index in [4.69, 9.17) is 0 Å². The minimum atomic E-state index is -1.27. The molecule has 2 amide bonds. The van der Waals surface area contributed by atoms with Crippen LogP contribution in [0.1, 0.15) is 85.7 Å². The minimum absolute atomic E-state index is 0.0583. The molecular formula is C26H36FN5O3S. The van der Waals surface area contributed by atoms with E-state index in [1.807, 2.05) is 19.9 Å². The lowest BCUT2D eigenvalue weighted by atomic mass is 10.0. The fraction of sp³-hybridized carbons (Fsp3) is 0.615. The van der Waals surface area contributed by atoms with Crippen LogP contribution in [0.2, 0.25) is 0 Å². The van der Waals surface area contributed by atoms with Crippen molar-refractivity contribution in [3.8, 4) is 10.4 Å². The molecular weight excluding hydrogens is 481 g/mol. The van der Waals surface area contributed by atoms with E-state index in [0.717, 1.165) is 42.6 Å². The summed E-state index contributed by atoms with van der Waals surface area (Å²) in [5.41, 5.74) is -0.549. The van der Waals surface area contributed by atoms with Crippen LogP contribution in [-0.4, -0.2) is 68.2 Å². The zero-order chi connectivity index (χ0) is 26.3. The Morgan fingerprint density at radius 2 is 2.08 bits per heavy atom. The van der Waals surface area contributed by atoms with Crippen LogP contribution in [0.5, 0.6) is 0 Å². The number of anilines is 1. The quantitative estimate of drug-likeness (QED) is 0.505. The molecule has 196 valence electrons. The van der Waals surface area contributed by atoms with Crippen LogP contribution < -0.4 is 10.6 Å². The number of aromatic nitrogens is 2. The standard InChI is InChI=1S/C26H36FN5O3S/c1-15-12-19(30-18-9-6-10-26(18,5)27)28-13-17(15)21-20(24(34)32-11-7-8-16(32)2)31-23(36-21)22(33)29-14-25(3,4)35/h12-13,16,18,35H,6-11,14H2,1-5H3,(H,28,30)(H,29,33)/t16-,18?,26?/m0/s1. The maximum Gasteiger partial charge on any atom is 0.280 e. The van der Waals surface area contributed by atoms with Gasteiger partial charge in [-0.3, -0.25) is 9.59 Å². The smallest absolute Gasteiger partial charge is 0.280 e. The Kier molecular flexibility index (Phi) is 7.39. The molecule has 3 heterocycles.